The molecule has 0 saturated carbocycles. The van der Waals surface area contributed by atoms with Gasteiger partial charge in [-0.25, -0.2) is 4.79 Å². The molecule has 1 amide bonds. The number of hydrogen-bond donors (Lipinski definition) is 0. The fourth-order valence-corrected chi connectivity index (χ4v) is 4.71. The van der Waals surface area contributed by atoms with Crippen LogP contribution in [0.3, 0.4) is 0 Å². The molecule has 4 heterocycles. The van der Waals surface area contributed by atoms with Crippen LogP contribution in [0.25, 0.3) is 10.9 Å². The summed E-state index contributed by atoms with van der Waals surface area (Å²) in [5.41, 5.74) is 0.562. The third-order valence-corrected chi connectivity index (χ3v) is 6.53. The Bertz CT molecular complexity index is 1540. The molecular formula is C28H26N4O6. The Balaban J connectivity index is 1.56. The second-order valence-corrected chi connectivity index (χ2v) is 8.77. The lowest BCUT2D eigenvalue weighted by Crippen LogP contribution is -2.49. The average molecular weight is 515 g/mol. The van der Waals surface area contributed by atoms with Crippen LogP contribution >= 0.6 is 0 Å². The number of esters is 1. The molecule has 5 rings (SSSR count). The van der Waals surface area contributed by atoms with Crippen LogP contribution in [0.4, 0.5) is 5.69 Å². The van der Waals surface area contributed by atoms with Crippen LogP contribution in [-0.2, 0) is 11.3 Å². The quantitative estimate of drug-likeness (QED) is 0.273. The van der Waals surface area contributed by atoms with Crippen LogP contribution in [0.5, 0.6) is 0 Å². The van der Waals surface area contributed by atoms with E-state index < -0.39 is 11.5 Å². The van der Waals surface area contributed by atoms with Gasteiger partial charge in [0.2, 0.25) is 0 Å². The second kappa shape index (κ2) is 10.7. The van der Waals surface area contributed by atoms with Gasteiger partial charge in [-0.15, -0.1) is 0 Å². The normalized spacial score (nSPS) is 13.5. The molecule has 4 aromatic rings. The lowest BCUT2D eigenvalue weighted by Gasteiger charge is -2.37. The first-order valence-corrected chi connectivity index (χ1v) is 12.3. The minimum Gasteiger partial charge on any atom is -0.462 e. The third kappa shape index (κ3) is 4.68. The molecule has 1 aromatic carbocycles. The van der Waals surface area contributed by atoms with Gasteiger partial charge in [0.1, 0.15) is 5.56 Å². The fraction of sp³-hybridized carbons (Fsp3) is 0.250. The van der Waals surface area contributed by atoms with Gasteiger partial charge in [-0.2, -0.15) is 0 Å². The van der Waals surface area contributed by atoms with Crippen LogP contribution in [-0.4, -0.2) is 64.9 Å². The highest BCUT2D eigenvalue weighted by molar-refractivity contribution is 6.06. The highest BCUT2D eigenvalue weighted by Gasteiger charge is 2.31. The number of furan rings is 1. The number of amides is 1. The Morgan fingerprint density at radius 1 is 1.00 bits per heavy atom. The molecule has 0 unspecified atom stereocenters. The number of rotatable bonds is 7. The Kier molecular flexibility index (Phi) is 7.03. The average Bonchev–Trinajstić information content (AvgIpc) is 3.49. The number of anilines is 1. The molecule has 1 saturated heterocycles. The molecule has 38 heavy (non-hydrogen) atoms. The summed E-state index contributed by atoms with van der Waals surface area (Å²) in [6.45, 7) is 2.96. The maximum absolute atomic E-state index is 13.8. The number of carbonyl (C=O) groups is 3. The number of nitrogens with zero attached hydrogens (tertiary/aromatic N) is 4. The molecule has 0 spiro atoms. The molecule has 0 atom stereocenters. The largest absolute Gasteiger partial charge is 0.462 e. The van der Waals surface area contributed by atoms with E-state index in [1.54, 1.807) is 72.7 Å². The van der Waals surface area contributed by atoms with Crippen molar-refractivity contribution >= 4 is 34.3 Å². The molecule has 10 heteroatoms. The molecule has 1 fully saturated rings. The minimum atomic E-state index is -0.770. The molecule has 10 nitrogen and oxygen atoms in total. The van der Waals surface area contributed by atoms with Gasteiger partial charge in [-0.3, -0.25) is 23.9 Å². The molecule has 1 aliphatic heterocycles. The number of ketones is 1. The number of hydrogen-bond acceptors (Lipinski definition) is 8. The van der Waals surface area contributed by atoms with E-state index in [4.69, 9.17) is 9.15 Å². The van der Waals surface area contributed by atoms with Crippen molar-refractivity contribution in [3.05, 3.63) is 94.4 Å². The van der Waals surface area contributed by atoms with E-state index in [1.165, 1.54) is 10.8 Å². The SMILES string of the molecule is CCOC(=O)c1c(N2CCN(C(=O)c3ccco3)CC2)c2cnccc2n(CC(=O)c2ccccc2)c1=O. The molecule has 0 bridgehead atoms. The monoisotopic (exact) mass is 514 g/mol. The first-order chi connectivity index (χ1) is 18.5. The maximum Gasteiger partial charge on any atom is 0.345 e. The summed E-state index contributed by atoms with van der Waals surface area (Å²) >= 11 is 0. The van der Waals surface area contributed by atoms with Gasteiger partial charge < -0.3 is 19.0 Å². The van der Waals surface area contributed by atoms with Crippen molar-refractivity contribution in [2.24, 2.45) is 0 Å². The zero-order chi connectivity index (χ0) is 26.6. The fourth-order valence-electron chi connectivity index (χ4n) is 4.71. The number of ether oxygens (including phenoxy) is 1. The van der Waals surface area contributed by atoms with Crippen LogP contribution in [0.2, 0.25) is 0 Å². The van der Waals surface area contributed by atoms with Crippen LogP contribution in [0.15, 0.2) is 76.4 Å². The molecular weight excluding hydrogens is 488 g/mol. The predicted molar refractivity (Wildman–Crippen MR) is 140 cm³/mol. The van der Waals surface area contributed by atoms with Crippen molar-refractivity contribution in [1.82, 2.24) is 14.5 Å². The van der Waals surface area contributed by atoms with Crippen molar-refractivity contribution in [3.63, 3.8) is 0 Å². The van der Waals surface area contributed by atoms with Crippen LogP contribution < -0.4 is 10.5 Å². The van der Waals surface area contributed by atoms with E-state index >= 15 is 0 Å². The van der Waals surface area contributed by atoms with E-state index in [0.717, 1.165) is 0 Å². The highest BCUT2D eigenvalue weighted by Crippen LogP contribution is 2.30. The number of Topliss-reactive ketones (excluding diaryl/α,β-unsaturated/α-hetero) is 1. The third-order valence-electron chi connectivity index (χ3n) is 6.53. The van der Waals surface area contributed by atoms with E-state index in [9.17, 15) is 19.2 Å². The molecule has 0 aliphatic carbocycles. The lowest BCUT2D eigenvalue weighted by atomic mass is 10.1. The van der Waals surface area contributed by atoms with Crippen molar-refractivity contribution in [2.45, 2.75) is 13.5 Å². The van der Waals surface area contributed by atoms with Crippen molar-refractivity contribution < 1.29 is 23.5 Å². The summed E-state index contributed by atoms with van der Waals surface area (Å²) in [5, 5.41) is 0.543. The second-order valence-electron chi connectivity index (χ2n) is 8.77. The first-order valence-electron chi connectivity index (χ1n) is 12.3. The van der Waals surface area contributed by atoms with Gasteiger partial charge in [-0.05, 0) is 25.1 Å². The molecule has 3 aromatic heterocycles. The standard InChI is InChI=1S/C28H26N4O6/c1-2-37-28(36)24-25(30-12-14-31(15-13-30)26(34)23-9-6-16-38-23)20-17-29-11-10-21(20)32(27(24)35)18-22(33)19-7-4-3-5-8-19/h3-11,16-17H,2,12-15,18H2,1H3. The van der Waals surface area contributed by atoms with Crippen molar-refractivity contribution in [1.29, 1.82) is 0 Å². The summed E-state index contributed by atoms with van der Waals surface area (Å²) in [6.07, 6.45) is 4.57. The maximum atomic E-state index is 13.8. The Hall–Kier alpha value is -4.73. The first kappa shape index (κ1) is 24.9. The number of fused-ring (bicyclic) bond motifs is 1. The van der Waals surface area contributed by atoms with Gasteiger partial charge in [0.25, 0.3) is 11.5 Å². The number of benzene rings is 1. The minimum absolute atomic E-state index is 0.0805. The van der Waals surface area contributed by atoms with Gasteiger partial charge in [0.05, 0.1) is 30.6 Å². The molecule has 1 aliphatic rings. The number of carbonyl (C=O) groups excluding carboxylic acids is 3. The Morgan fingerprint density at radius 2 is 1.76 bits per heavy atom. The van der Waals surface area contributed by atoms with Gasteiger partial charge in [0, 0.05) is 49.5 Å². The van der Waals surface area contributed by atoms with Crippen LogP contribution in [0, 0.1) is 0 Å². The number of piperazine rings is 1. The smallest absolute Gasteiger partial charge is 0.345 e. The summed E-state index contributed by atoms with van der Waals surface area (Å²) in [5.74, 6) is -1.00. The summed E-state index contributed by atoms with van der Waals surface area (Å²) in [7, 11) is 0. The van der Waals surface area contributed by atoms with Crippen molar-refractivity contribution in [3.8, 4) is 0 Å². The summed E-state index contributed by atoms with van der Waals surface area (Å²) in [4.78, 5) is 60.6. The van der Waals surface area contributed by atoms with Gasteiger partial charge in [-0.1, -0.05) is 30.3 Å². The van der Waals surface area contributed by atoms with Gasteiger partial charge >= 0.3 is 5.97 Å². The van der Waals surface area contributed by atoms with E-state index in [0.29, 0.717) is 48.3 Å². The number of pyridine rings is 2. The zero-order valence-corrected chi connectivity index (χ0v) is 20.8. The van der Waals surface area contributed by atoms with E-state index in [-0.39, 0.29) is 36.2 Å². The van der Waals surface area contributed by atoms with Crippen LogP contribution in [0.1, 0.15) is 38.2 Å². The predicted octanol–water partition coefficient (Wildman–Crippen LogP) is 3.01. The topological polar surface area (TPSA) is 115 Å². The Labute approximate surface area is 218 Å². The zero-order valence-electron chi connectivity index (χ0n) is 20.8. The van der Waals surface area contributed by atoms with Gasteiger partial charge in [0.15, 0.2) is 11.5 Å². The molecule has 0 N–H and O–H groups in total. The molecule has 0 radical (unpaired) electrons. The summed E-state index contributed by atoms with van der Waals surface area (Å²) < 4.78 is 11.8. The highest BCUT2D eigenvalue weighted by atomic mass is 16.5. The van der Waals surface area contributed by atoms with E-state index in [1.807, 2.05) is 4.90 Å². The lowest BCUT2D eigenvalue weighted by molar-refractivity contribution is 0.0522. The van der Waals surface area contributed by atoms with Crippen molar-refractivity contribution in [2.75, 3.05) is 37.7 Å². The summed E-state index contributed by atoms with van der Waals surface area (Å²) in [6, 6.07) is 13.6. The Morgan fingerprint density at radius 3 is 2.45 bits per heavy atom. The van der Waals surface area contributed by atoms with E-state index in [2.05, 4.69) is 4.98 Å². The number of aromatic nitrogens is 2. The molecule has 194 valence electrons.